The lowest BCUT2D eigenvalue weighted by molar-refractivity contribution is -0.146. The number of hydrogen-bond acceptors (Lipinski definition) is 4. The molecule has 0 aromatic heterocycles. The van der Waals surface area contributed by atoms with Crippen LogP contribution in [0.25, 0.3) is 0 Å². The van der Waals surface area contributed by atoms with Crippen LogP contribution in [0.5, 0.6) is 0 Å². The van der Waals surface area contributed by atoms with E-state index in [-0.39, 0.29) is 12.0 Å². The highest BCUT2D eigenvalue weighted by atomic mass is 16.5. The van der Waals surface area contributed by atoms with Crippen LogP contribution in [0.2, 0.25) is 0 Å². The third-order valence-corrected chi connectivity index (χ3v) is 5.53. The summed E-state index contributed by atoms with van der Waals surface area (Å²) in [7, 11) is 0. The van der Waals surface area contributed by atoms with Gasteiger partial charge in [-0.2, -0.15) is 0 Å². The molecule has 166 valence electrons. The van der Waals surface area contributed by atoms with Gasteiger partial charge >= 0.3 is 5.97 Å². The van der Waals surface area contributed by atoms with Gasteiger partial charge < -0.3 is 9.64 Å². The zero-order valence-electron chi connectivity index (χ0n) is 19.1. The maximum absolute atomic E-state index is 12.7. The number of carbonyl (C=O) groups is 1. The lowest BCUT2D eigenvalue weighted by Crippen LogP contribution is -2.37. The van der Waals surface area contributed by atoms with E-state index < -0.39 is 0 Å². The number of carbonyl (C=O) groups excluding carboxylic acids is 1. The molecule has 0 aliphatic rings. The Morgan fingerprint density at radius 2 is 1.48 bits per heavy atom. The van der Waals surface area contributed by atoms with Crippen LogP contribution in [0.1, 0.15) is 90.2 Å². The molecule has 0 heterocycles. The van der Waals surface area contributed by atoms with Gasteiger partial charge in [-0.05, 0) is 25.1 Å². The van der Waals surface area contributed by atoms with E-state index in [1.165, 1.54) is 44.9 Å². The minimum absolute atomic E-state index is 0.157. The first-order valence-electron chi connectivity index (χ1n) is 11.9. The van der Waals surface area contributed by atoms with E-state index in [0.29, 0.717) is 6.61 Å². The van der Waals surface area contributed by atoms with Gasteiger partial charge in [-0.15, -0.1) is 0 Å². The van der Waals surface area contributed by atoms with Gasteiger partial charge in [-0.25, -0.2) is 4.79 Å². The predicted molar refractivity (Wildman–Crippen MR) is 123 cm³/mol. The normalized spacial score (nSPS) is 12.3. The summed E-state index contributed by atoms with van der Waals surface area (Å²) in [5, 5.41) is 3.40. The predicted octanol–water partition coefficient (Wildman–Crippen LogP) is 5.73. The van der Waals surface area contributed by atoms with E-state index in [9.17, 15) is 4.79 Å². The number of esters is 1. The van der Waals surface area contributed by atoms with Crippen LogP contribution >= 0.6 is 0 Å². The van der Waals surface area contributed by atoms with Crippen LogP contribution in [-0.4, -0.2) is 43.7 Å². The molecule has 1 rings (SSSR count). The Hall–Kier alpha value is -1.39. The molecule has 1 unspecified atom stereocenters. The zero-order chi connectivity index (χ0) is 21.2. The summed E-state index contributed by atoms with van der Waals surface area (Å²) in [6.07, 6.45) is 11.4. The van der Waals surface area contributed by atoms with E-state index in [1.807, 2.05) is 30.3 Å². The molecule has 0 saturated heterocycles. The van der Waals surface area contributed by atoms with Crippen molar-refractivity contribution in [1.29, 1.82) is 0 Å². The molecular formula is C25H44N2O2. The first-order valence-corrected chi connectivity index (χ1v) is 11.9. The van der Waals surface area contributed by atoms with Crippen molar-refractivity contribution in [3.05, 3.63) is 35.9 Å². The molecule has 0 saturated carbocycles. The van der Waals surface area contributed by atoms with Gasteiger partial charge in [0.15, 0.2) is 0 Å². The van der Waals surface area contributed by atoms with Crippen LogP contribution in [0.15, 0.2) is 30.3 Å². The summed E-state index contributed by atoms with van der Waals surface area (Å²) in [4.78, 5) is 15.0. The molecular weight excluding hydrogens is 360 g/mol. The minimum atomic E-state index is -0.384. The van der Waals surface area contributed by atoms with Gasteiger partial charge in [0.25, 0.3) is 0 Å². The van der Waals surface area contributed by atoms with Gasteiger partial charge in [0.05, 0.1) is 6.61 Å². The van der Waals surface area contributed by atoms with Crippen molar-refractivity contribution in [1.82, 2.24) is 10.2 Å². The van der Waals surface area contributed by atoms with Crippen molar-refractivity contribution >= 4 is 5.97 Å². The average Bonchev–Trinajstić information content (AvgIpc) is 2.75. The molecule has 1 N–H and O–H groups in total. The van der Waals surface area contributed by atoms with E-state index in [0.717, 1.165) is 44.6 Å². The van der Waals surface area contributed by atoms with Gasteiger partial charge in [0.1, 0.15) is 6.04 Å². The molecule has 4 heteroatoms. The summed E-state index contributed by atoms with van der Waals surface area (Å²) in [5.74, 6) is -0.157. The summed E-state index contributed by atoms with van der Waals surface area (Å²) in [5.41, 5.74) is 0.976. The standard InChI is InChI=1S/C25H44N2O2/c1-4-7-8-9-10-11-12-13-17-22-29-25(28)24(23-18-15-14-16-19-23)26-20-21-27(5-2)6-3/h14-16,18-19,24,26H,4-13,17,20-22H2,1-3H3. The van der Waals surface area contributed by atoms with Gasteiger partial charge in [0, 0.05) is 13.1 Å². The van der Waals surface area contributed by atoms with Crippen molar-refractivity contribution in [3.8, 4) is 0 Å². The van der Waals surface area contributed by atoms with Crippen molar-refractivity contribution < 1.29 is 9.53 Å². The Kier molecular flexibility index (Phi) is 15.4. The number of nitrogens with one attached hydrogen (secondary N) is 1. The van der Waals surface area contributed by atoms with Gasteiger partial charge in [-0.1, -0.05) is 102 Å². The highest BCUT2D eigenvalue weighted by Crippen LogP contribution is 2.15. The smallest absolute Gasteiger partial charge is 0.327 e. The highest BCUT2D eigenvalue weighted by molar-refractivity contribution is 5.77. The first-order chi connectivity index (χ1) is 14.2. The molecule has 0 radical (unpaired) electrons. The van der Waals surface area contributed by atoms with Crippen molar-refractivity contribution in [3.63, 3.8) is 0 Å². The van der Waals surface area contributed by atoms with E-state index in [2.05, 4.69) is 31.0 Å². The number of nitrogens with zero attached hydrogens (tertiary/aromatic N) is 1. The van der Waals surface area contributed by atoms with Crippen LogP contribution in [0, 0.1) is 0 Å². The fourth-order valence-electron chi connectivity index (χ4n) is 3.56. The Bertz CT molecular complexity index is 503. The van der Waals surface area contributed by atoms with E-state index in [4.69, 9.17) is 4.74 Å². The highest BCUT2D eigenvalue weighted by Gasteiger charge is 2.21. The Labute approximate surface area is 179 Å². The number of rotatable bonds is 18. The second-order valence-corrected chi connectivity index (χ2v) is 7.82. The van der Waals surface area contributed by atoms with Crippen LogP contribution < -0.4 is 5.32 Å². The maximum Gasteiger partial charge on any atom is 0.327 e. The van der Waals surface area contributed by atoms with Gasteiger partial charge in [0.2, 0.25) is 0 Å². The molecule has 29 heavy (non-hydrogen) atoms. The van der Waals surface area contributed by atoms with Crippen molar-refractivity contribution in [2.24, 2.45) is 0 Å². The second kappa shape index (κ2) is 17.5. The third-order valence-electron chi connectivity index (χ3n) is 5.53. The molecule has 0 bridgehead atoms. The summed E-state index contributed by atoms with van der Waals surface area (Å²) >= 11 is 0. The quantitative estimate of drug-likeness (QED) is 0.250. The molecule has 1 aromatic carbocycles. The second-order valence-electron chi connectivity index (χ2n) is 7.82. The Morgan fingerprint density at radius 1 is 0.897 bits per heavy atom. The number of likely N-dealkylation sites (N-methyl/N-ethyl adjacent to an activating group) is 1. The minimum Gasteiger partial charge on any atom is -0.464 e. The maximum atomic E-state index is 12.7. The lowest BCUT2D eigenvalue weighted by Gasteiger charge is -2.22. The molecule has 0 fully saturated rings. The molecule has 0 spiro atoms. The van der Waals surface area contributed by atoms with Crippen molar-refractivity contribution in [2.75, 3.05) is 32.8 Å². The van der Waals surface area contributed by atoms with Crippen molar-refractivity contribution in [2.45, 2.75) is 84.6 Å². The topological polar surface area (TPSA) is 41.6 Å². The van der Waals surface area contributed by atoms with Gasteiger partial charge in [-0.3, -0.25) is 5.32 Å². The first kappa shape index (κ1) is 25.6. The fraction of sp³-hybridized carbons (Fsp3) is 0.720. The van der Waals surface area contributed by atoms with E-state index >= 15 is 0 Å². The zero-order valence-corrected chi connectivity index (χ0v) is 19.1. The average molecular weight is 405 g/mol. The van der Waals surface area contributed by atoms with E-state index in [1.54, 1.807) is 0 Å². The largest absolute Gasteiger partial charge is 0.464 e. The fourth-order valence-corrected chi connectivity index (χ4v) is 3.56. The monoisotopic (exact) mass is 404 g/mol. The molecule has 0 aliphatic heterocycles. The molecule has 4 nitrogen and oxygen atoms in total. The summed E-state index contributed by atoms with van der Waals surface area (Å²) < 4.78 is 5.61. The lowest BCUT2D eigenvalue weighted by atomic mass is 10.1. The third kappa shape index (κ3) is 12.0. The Balaban J connectivity index is 2.30. The SMILES string of the molecule is CCCCCCCCCCCOC(=O)C(NCCN(CC)CC)c1ccccc1. The number of hydrogen-bond donors (Lipinski definition) is 1. The van der Waals surface area contributed by atoms with Crippen LogP contribution in [0.3, 0.4) is 0 Å². The molecule has 1 atom stereocenters. The number of ether oxygens (including phenoxy) is 1. The molecule has 0 aliphatic carbocycles. The number of unbranched alkanes of at least 4 members (excludes halogenated alkanes) is 8. The van der Waals surface area contributed by atoms with Crippen LogP contribution in [-0.2, 0) is 9.53 Å². The molecule has 0 amide bonds. The van der Waals surface area contributed by atoms with Crippen LogP contribution in [0.4, 0.5) is 0 Å². The summed E-state index contributed by atoms with van der Waals surface area (Å²) in [6, 6.07) is 9.53. The molecule has 1 aromatic rings. The Morgan fingerprint density at radius 3 is 2.07 bits per heavy atom. The number of benzene rings is 1. The summed E-state index contributed by atoms with van der Waals surface area (Å²) in [6.45, 7) is 10.9.